The standard InChI is InChI=1S/C18H23NO2/c1-21-16-11-9-14(10-12-16)17(13-7-8-13)19-18(20)15-5-3-2-4-6-15/h2-3,9-13,15,17H,4-8H2,1H3,(H,19,20). The number of methoxy groups -OCH3 is 1. The largest absolute Gasteiger partial charge is 0.497 e. The van der Waals surface area contributed by atoms with Crippen molar-refractivity contribution in [1.29, 1.82) is 0 Å². The fraction of sp³-hybridized carbons (Fsp3) is 0.500. The monoisotopic (exact) mass is 285 g/mol. The van der Waals surface area contributed by atoms with Crippen LogP contribution in [0.2, 0.25) is 0 Å². The van der Waals surface area contributed by atoms with E-state index in [-0.39, 0.29) is 17.9 Å². The van der Waals surface area contributed by atoms with Crippen LogP contribution < -0.4 is 10.1 Å². The minimum atomic E-state index is 0.148. The van der Waals surface area contributed by atoms with Gasteiger partial charge < -0.3 is 10.1 Å². The molecular formula is C18H23NO2. The fourth-order valence-electron chi connectivity index (χ4n) is 3.02. The summed E-state index contributed by atoms with van der Waals surface area (Å²) in [5.41, 5.74) is 1.19. The van der Waals surface area contributed by atoms with Crippen LogP contribution in [0.4, 0.5) is 0 Å². The molecule has 3 nitrogen and oxygen atoms in total. The summed E-state index contributed by atoms with van der Waals surface area (Å²) < 4.78 is 5.21. The Morgan fingerprint density at radius 2 is 1.95 bits per heavy atom. The molecule has 0 saturated heterocycles. The van der Waals surface area contributed by atoms with Gasteiger partial charge in [-0.25, -0.2) is 0 Å². The highest BCUT2D eigenvalue weighted by atomic mass is 16.5. The second-order valence-corrected chi connectivity index (χ2v) is 6.08. The van der Waals surface area contributed by atoms with Crippen molar-refractivity contribution in [3.05, 3.63) is 42.0 Å². The molecule has 2 unspecified atom stereocenters. The van der Waals surface area contributed by atoms with Crippen molar-refractivity contribution in [3.63, 3.8) is 0 Å². The molecule has 0 bridgehead atoms. The van der Waals surface area contributed by atoms with Crippen molar-refractivity contribution >= 4 is 5.91 Å². The zero-order valence-electron chi connectivity index (χ0n) is 12.5. The molecule has 1 N–H and O–H groups in total. The average Bonchev–Trinajstić information content (AvgIpc) is 3.38. The van der Waals surface area contributed by atoms with Crippen molar-refractivity contribution in [3.8, 4) is 5.75 Å². The summed E-state index contributed by atoms with van der Waals surface area (Å²) in [7, 11) is 1.67. The molecule has 0 aliphatic heterocycles. The number of amides is 1. The third-order valence-corrected chi connectivity index (χ3v) is 4.51. The SMILES string of the molecule is COc1ccc(C(NC(=O)C2CC=CCC2)C2CC2)cc1. The van der Waals surface area contributed by atoms with E-state index in [1.807, 2.05) is 12.1 Å². The lowest BCUT2D eigenvalue weighted by atomic mass is 9.92. The van der Waals surface area contributed by atoms with E-state index in [0.29, 0.717) is 5.92 Å². The summed E-state index contributed by atoms with van der Waals surface area (Å²) in [6.07, 6.45) is 9.60. The lowest BCUT2D eigenvalue weighted by Crippen LogP contribution is -2.35. The fourth-order valence-corrected chi connectivity index (χ4v) is 3.02. The maximum absolute atomic E-state index is 12.5. The summed E-state index contributed by atoms with van der Waals surface area (Å²) in [4.78, 5) is 12.5. The molecule has 1 aromatic rings. The lowest BCUT2D eigenvalue weighted by molar-refractivity contribution is -0.126. The number of carbonyl (C=O) groups is 1. The summed E-state index contributed by atoms with van der Waals surface area (Å²) in [5, 5.41) is 3.29. The molecule has 2 aliphatic rings. The van der Waals surface area contributed by atoms with Crippen molar-refractivity contribution in [2.24, 2.45) is 11.8 Å². The van der Waals surface area contributed by atoms with E-state index in [0.717, 1.165) is 25.0 Å². The van der Waals surface area contributed by atoms with E-state index in [9.17, 15) is 4.79 Å². The molecule has 1 fully saturated rings. The number of nitrogens with one attached hydrogen (secondary N) is 1. The Morgan fingerprint density at radius 1 is 1.19 bits per heavy atom. The van der Waals surface area contributed by atoms with Gasteiger partial charge in [0, 0.05) is 5.92 Å². The molecule has 2 atom stereocenters. The number of carbonyl (C=O) groups excluding carboxylic acids is 1. The predicted octanol–water partition coefficient (Wildman–Crippen LogP) is 3.62. The van der Waals surface area contributed by atoms with E-state index in [4.69, 9.17) is 4.74 Å². The maximum Gasteiger partial charge on any atom is 0.223 e. The number of rotatable bonds is 5. The van der Waals surface area contributed by atoms with Crippen LogP contribution in [0.15, 0.2) is 36.4 Å². The van der Waals surface area contributed by atoms with Gasteiger partial charge in [0.05, 0.1) is 13.2 Å². The van der Waals surface area contributed by atoms with Crippen LogP contribution >= 0.6 is 0 Å². The molecular weight excluding hydrogens is 262 g/mol. The van der Waals surface area contributed by atoms with Crippen molar-refractivity contribution in [2.45, 2.75) is 38.1 Å². The maximum atomic E-state index is 12.5. The van der Waals surface area contributed by atoms with Crippen LogP contribution in [0, 0.1) is 11.8 Å². The third-order valence-electron chi connectivity index (χ3n) is 4.51. The van der Waals surface area contributed by atoms with E-state index >= 15 is 0 Å². The highest BCUT2D eigenvalue weighted by Gasteiger charge is 2.34. The van der Waals surface area contributed by atoms with E-state index < -0.39 is 0 Å². The molecule has 3 rings (SSSR count). The van der Waals surface area contributed by atoms with Gasteiger partial charge in [0.1, 0.15) is 5.75 Å². The van der Waals surface area contributed by atoms with Gasteiger partial charge in [0.2, 0.25) is 5.91 Å². The third kappa shape index (κ3) is 3.46. The molecule has 1 amide bonds. The van der Waals surface area contributed by atoms with Crippen LogP contribution in [0.1, 0.15) is 43.7 Å². The van der Waals surface area contributed by atoms with Crippen LogP contribution in [-0.4, -0.2) is 13.0 Å². The molecule has 21 heavy (non-hydrogen) atoms. The van der Waals surface area contributed by atoms with Gasteiger partial charge in [-0.05, 0) is 55.7 Å². The quantitative estimate of drug-likeness (QED) is 0.839. The minimum Gasteiger partial charge on any atom is -0.497 e. The van der Waals surface area contributed by atoms with E-state index in [1.54, 1.807) is 7.11 Å². The molecule has 0 radical (unpaired) electrons. The van der Waals surface area contributed by atoms with Gasteiger partial charge in [-0.1, -0.05) is 24.3 Å². The Hall–Kier alpha value is -1.77. The number of hydrogen-bond donors (Lipinski definition) is 1. The second kappa shape index (κ2) is 6.33. The average molecular weight is 285 g/mol. The first-order chi connectivity index (χ1) is 10.3. The number of hydrogen-bond acceptors (Lipinski definition) is 2. The highest BCUT2D eigenvalue weighted by molar-refractivity contribution is 5.79. The first kappa shape index (κ1) is 14.2. The van der Waals surface area contributed by atoms with Crippen LogP contribution in [0.25, 0.3) is 0 Å². The normalized spacial score (nSPS) is 22.6. The molecule has 3 heteroatoms. The number of benzene rings is 1. The van der Waals surface area contributed by atoms with Gasteiger partial charge in [0.15, 0.2) is 0 Å². The molecule has 112 valence electrons. The number of ether oxygens (including phenoxy) is 1. The lowest BCUT2D eigenvalue weighted by Gasteiger charge is -2.23. The van der Waals surface area contributed by atoms with Gasteiger partial charge in [0.25, 0.3) is 0 Å². The molecule has 0 heterocycles. The van der Waals surface area contributed by atoms with Crippen molar-refractivity contribution in [1.82, 2.24) is 5.32 Å². The second-order valence-electron chi connectivity index (χ2n) is 6.08. The van der Waals surface area contributed by atoms with Crippen LogP contribution in [0.5, 0.6) is 5.75 Å². The first-order valence-electron chi connectivity index (χ1n) is 7.87. The topological polar surface area (TPSA) is 38.3 Å². The first-order valence-corrected chi connectivity index (χ1v) is 7.87. The van der Waals surface area contributed by atoms with Gasteiger partial charge in [-0.2, -0.15) is 0 Å². The van der Waals surface area contributed by atoms with Crippen molar-refractivity contribution < 1.29 is 9.53 Å². The van der Waals surface area contributed by atoms with Crippen molar-refractivity contribution in [2.75, 3.05) is 7.11 Å². The predicted molar refractivity (Wildman–Crippen MR) is 83.1 cm³/mol. The zero-order valence-corrected chi connectivity index (χ0v) is 12.5. The Labute approximate surface area is 126 Å². The van der Waals surface area contributed by atoms with Crippen LogP contribution in [0.3, 0.4) is 0 Å². The Kier molecular flexibility index (Phi) is 4.28. The Morgan fingerprint density at radius 3 is 2.52 bits per heavy atom. The summed E-state index contributed by atoms with van der Waals surface area (Å²) >= 11 is 0. The van der Waals surface area contributed by atoms with E-state index in [1.165, 1.54) is 18.4 Å². The molecule has 0 spiro atoms. The van der Waals surface area contributed by atoms with Gasteiger partial charge in [-0.3, -0.25) is 4.79 Å². The highest BCUT2D eigenvalue weighted by Crippen LogP contribution is 2.41. The summed E-state index contributed by atoms with van der Waals surface area (Å²) in [6.45, 7) is 0. The van der Waals surface area contributed by atoms with Crippen LogP contribution in [-0.2, 0) is 4.79 Å². The zero-order chi connectivity index (χ0) is 14.7. The minimum absolute atomic E-state index is 0.148. The van der Waals surface area contributed by atoms with Gasteiger partial charge in [-0.15, -0.1) is 0 Å². The Balaban J connectivity index is 1.69. The smallest absolute Gasteiger partial charge is 0.223 e. The molecule has 1 saturated carbocycles. The molecule has 2 aliphatic carbocycles. The molecule has 1 aromatic carbocycles. The summed E-state index contributed by atoms with van der Waals surface area (Å²) in [6, 6.07) is 8.25. The number of allylic oxidation sites excluding steroid dienone is 2. The summed E-state index contributed by atoms with van der Waals surface area (Å²) in [5.74, 6) is 1.82. The molecule has 0 aromatic heterocycles. The Bertz CT molecular complexity index is 517. The van der Waals surface area contributed by atoms with Gasteiger partial charge >= 0.3 is 0 Å². The van der Waals surface area contributed by atoms with E-state index in [2.05, 4.69) is 29.6 Å².